The molecule has 0 saturated carbocycles. The molecule has 1 amide bonds. The quantitative estimate of drug-likeness (QED) is 0.627. The van der Waals surface area contributed by atoms with Gasteiger partial charge in [0.25, 0.3) is 5.91 Å². The van der Waals surface area contributed by atoms with Crippen molar-refractivity contribution in [3.8, 4) is 5.75 Å². The predicted molar refractivity (Wildman–Crippen MR) is 132 cm³/mol. The van der Waals surface area contributed by atoms with E-state index in [-0.39, 0.29) is 22.9 Å². The SMILES string of the molecule is CN(C(=O)C1Cc2cc(S(=O)(=O)N3CCCC3)ccc2O1)[C@H](CN1CC[C@H](O)C1)c1ccccc1. The maximum Gasteiger partial charge on any atom is 0.264 e. The molecule has 3 aliphatic heterocycles. The lowest BCUT2D eigenvalue weighted by atomic mass is 10.0. The molecule has 0 aromatic heterocycles. The summed E-state index contributed by atoms with van der Waals surface area (Å²) in [5, 5.41) is 9.96. The Bertz CT molecular complexity index is 1170. The Labute approximate surface area is 207 Å². The molecule has 1 unspecified atom stereocenters. The molecule has 3 atom stereocenters. The predicted octanol–water partition coefficient (Wildman–Crippen LogP) is 2.04. The molecule has 2 saturated heterocycles. The lowest BCUT2D eigenvalue weighted by Crippen LogP contribution is -2.44. The molecule has 188 valence electrons. The van der Waals surface area contributed by atoms with Gasteiger partial charge in [0.05, 0.1) is 17.0 Å². The molecule has 2 aromatic rings. The van der Waals surface area contributed by atoms with Crippen LogP contribution in [0.4, 0.5) is 0 Å². The minimum absolute atomic E-state index is 0.140. The van der Waals surface area contributed by atoms with E-state index in [9.17, 15) is 18.3 Å². The summed E-state index contributed by atoms with van der Waals surface area (Å²) >= 11 is 0. The van der Waals surface area contributed by atoms with Crippen LogP contribution in [0.25, 0.3) is 0 Å². The van der Waals surface area contributed by atoms with Crippen LogP contribution in [0.1, 0.15) is 36.4 Å². The Morgan fingerprint density at radius 2 is 1.89 bits per heavy atom. The lowest BCUT2D eigenvalue weighted by Gasteiger charge is -2.33. The van der Waals surface area contributed by atoms with Gasteiger partial charge in [0.2, 0.25) is 10.0 Å². The molecule has 1 N–H and O–H groups in total. The van der Waals surface area contributed by atoms with Crippen LogP contribution in [0.5, 0.6) is 5.75 Å². The van der Waals surface area contributed by atoms with Gasteiger partial charge < -0.3 is 14.7 Å². The fraction of sp³-hybridized carbons (Fsp3) is 0.500. The number of carbonyl (C=O) groups excluding carboxylic acids is 1. The number of aliphatic hydroxyl groups excluding tert-OH is 1. The Hall–Kier alpha value is -2.46. The van der Waals surface area contributed by atoms with E-state index in [1.165, 1.54) is 4.31 Å². The molecule has 0 spiro atoms. The highest BCUT2D eigenvalue weighted by Gasteiger charge is 2.37. The van der Waals surface area contributed by atoms with Gasteiger partial charge in [0, 0.05) is 46.2 Å². The maximum atomic E-state index is 13.6. The zero-order chi connectivity index (χ0) is 24.6. The number of carbonyl (C=O) groups is 1. The highest BCUT2D eigenvalue weighted by atomic mass is 32.2. The lowest BCUT2D eigenvalue weighted by molar-refractivity contribution is -0.139. The first-order valence-corrected chi connectivity index (χ1v) is 13.8. The summed E-state index contributed by atoms with van der Waals surface area (Å²) in [6.45, 7) is 3.13. The number of β-amino-alcohol motifs (C(OH)–C–C–N with tert-alkyl or cyclic N) is 1. The van der Waals surface area contributed by atoms with Crippen molar-refractivity contribution in [1.82, 2.24) is 14.1 Å². The van der Waals surface area contributed by atoms with Gasteiger partial charge in [-0.3, -0.25) is 9.69 Å². The van der Waals surface area contributed by atoms with Gasteiger partial charge in [-0.05, 0) is 48.6 Å². The smallest absolute Gasteiger partial charge is 0.264 e. The molecular formula is C26H33N3O5S. The maximum absolute atomic E-state index is 13.6. The van der Waals surface area contributed by atoms with Gasteiger partial charge in [0.15, 0.2) is 6.10 Å². The molecule has 0 radical (unpaired) electrons. The first-order chi connectivity index (χ1) is 16.8. The average molecular weight is 500 g/mol. The van der Waals surface area contributed by atoms with Gasteiger partial charge in [-0.15, -0.1) is 0 Å². The minimum atomic E-state index is -3.53. The number of ether oxygens (including phenoxy) is 1. The first-order valence-electron chi connectivity index (χ1n) is 12.3. The fourth-order valence-electron chi connectivity index (χ4n) is 5.33. The number of rotatable bonds is 7. The van der Waals surface area contributed by atoms with Crippen molar-refractivity contribution in [2.45, 2.75) is 48.8 Å². The van der Waals surface area contributed by atoms with Gasteiger partial charge in [-0.25, -0.2) is 8.42 Å². The second kappa shape index (κ2) is 9.89. The second-order valence-corrected chi connectivity index (χ2v) is 11.7. The highest BCUT2D eigenvalue weighted by molar-refractivity contribution is 7.89. The number of fused-ring (bicyclic) bond motifs is 1. The minimum Gasteiger partial charge on any atom is -0.480 e. The van der Waals surface area contributed by atoms with Crippen molar-refractivity contribution in [2.75, 3.05) is 39.8 Å². The highest BCUT2D eigenvalue weighted by Crippen LogP contribution is 2.34. The summed E-state index contributed by atoms with van der Waals surface area (Å²) in [7, 11) is -1.73. The molecule has 2 aromatic carbocycles. The number of benzene rings is 2. The number of hydrogen-bond acceptors (Lipinski definition) is 6. The standard InChI is InChI=1S/C26H33N3O5S/c1-27(23(19-7-3-2-4-8-19)18-28-14-11-21(30)17-28)26(31)25-16-20-15-22(9-10-24(20)34-25)35(32,33)29-12-5-6-13-29/h2-4,7-10,15,21,23,25,30H,5-6,11-14,16-18H2,1H3/t21-,23+,25?/m0/s1. The van der Waals surface area contributed by atoms with Crippen molar-refractivity contribution < 1.29 is 23.1 Å². The topological polar surface area (TPSA) is 90.4 Å². The summed E-state index contributed by atoms with van der Waals surface area (Å²) in [5.41, 5.74) is 1.77. The Morgan fingerprint density at radius 3 is 2.57 bits per heavy atom. The third kappa shape index (κ3) is 4.95. The van der Waals surface area contributed by atoms with Crippen LogP contribution >= 0.6 is 0 Å². The molecule has 35 heavy (non-hydrogen) atoms. The van der Waals surface area contributed by atoms with Crippen molar-refractivity contribution in [3.05, 3.63) is 59.7 Å². The van der Waals surface area contributed by atoms with Gasteiger partial charge >= 0.3 is 0 Å². The number of aliphatic hydroxyl groups is 1. The van der Waals surface area contributed by atoms with E-state index in [1.54, 1.807) is 30.1 Å². The number of hydrogen-bond donors (Lipinski definition) is 1. The summed E-state index contributed by atoms with van der Waals surface area (Å²) in [4.78, 5) is 17.7. The average Bonchev–Trinajstić information content (AvgIpc) is 3.63. The van der Waals surface area contributed by atoms with Crippen molar-refractivity contribution in [1.29, 1.82) is 0 Å². The van der Waals surface area contributed by atoms with Crippen LogP contribution in [0.15, 0.2) is 53.4 Å². The Morgan fingerprint density at radius 1 is 1.14 bits per heavy atom. The largest absolute Gasteiger partial charge is 0.480 e. The van der Waals surface area contributed by atoms with Crippen molar-refractivity contribution in [3.63, 3.8) is 0 Å². The summed E-state index contributed by atoms with van der Waals surface area (Å²) < 4.78 is 33.5. The van der Waals surface area contributed by atoms with Crippen LogP contribution in [0.3, 0.4) is 0 Å². The van der Waals surface area contributed by atoms with Gasteiger partial charge in [-0.1, -0.05) is 30.3 Å². The monoisotopic (exact) mass is 499 g/mol. The Balaban J connectivity index is 1.32. The van der Waals surface area contributed by atoms with E-state index < -0.39 is 16.1 Å². The number of likely N-dealkylation sites (tertiary alicyclic amines) is 1. The number of nitrogens with zero attached hydrogens (tertiary/aromatic N) is 3. The van der Waals surface area contributed by atoms with E-state index in [2.05, 4.69) is 4.90 Å². The van der Waals surface area contributed by atoms with Crippen LogP contribution in [-0.2, 0) is 21.2 Å². The normalized spacial score (nSPS) is 23.7. The van der Waals surface area contributed by atoms with Crippen LogP contribution in [0, 0.1) is 0 Å². The van der Waals surface area contributed by atoms with E-state index >= 15 is 0 Å². The molecule has 3 heterocycles. The molecule has 0 bridgehead atoms. The van der Waals surface area contributed by atoms with Crippen molar-refractivity contribution >= 4 is 15.9 Å². The molecule has 8 nitrogen and oxygen atoms in total. The van der Waals surface area contributed by atoms with Gasteiger partial charge in [-0.2, -0.15) is 4.31 Å². The number of likely N-dealkylation sites (N-methyl/N-ethyl adjacent to an activating group) is 1. The molecule has 9 heteroatoms. The zero-order valence-electron chi connectivity index (χ0n) is 20.0. The van der Waals surface area contributed by atoms with Crippen LogP contribution in [0.2, 0.25) is 0 Å². The van der Waals surface area contributed by atoms with Crippen LogP contribution < -0.4 is 4.74 Å². The van der Waals surface area contributed by atoms with Gasteiger partial charge in [0.1, 0.15) is 5.75 Å². The van der Waals surface area contributed by atoms with E-state index in [0.29, 0.717) is 38.3 Å². The summed E-state index contributed by atoms with van der Waals surface area (Å²) in [6, 6.07) is 14.6. The third-order valence-corrected chi connectivity index (χ3v) is 9.26. The summed E-state index contributed by atoms with van der Waals surface area (Å²) in [5.74, 6) is 0.426. The Kier molecular flexibility index (Phi) is 6.85. The number of sulfonamides is 1. The van der Waals surface area contributed by atoms with Crippen molar-refractivity contribution in [2.24, 2.45) is 0 Å². The summed E-state index contributed by atoms with van der Waals surface area (Å²) in [6.07, 6.45) is 1.82. The molecule has 2 fully saturated rings. The molecule has 3 aliphatic rings. The molecule has 0 aliphatic carbocycles. The van der Waals surface area contributed by atoms with Crippen LogP contribution in [-0.4, -0.2) is 85.5 Å². The second-order valence-electron chi connectivity index (χ2n) is 9.77. The molecule has 5 rings (SSSR count). The van der Waals surface area contributed by atoms with E-state index in [1.807, 2.05) is 30.3 Å². The third-order valence-electron chi connectivity index (χ3n) is 7.36. The molecular weight excluding hydrogens is 466 g/mol. The zero-order valence-corrected chi connectivity index (χ0v) is 20.9. The number of amides is 1. The first kappa shape index (κ1) is 24.2. The van der Waals surface area contributed by atoms with E-state index in [4.69, 9.17) is 4.74 Å². The fourth-order valence-corrected chi connectivity index (χ4v) is 6.90. The van der Waals surface area contributed by atoms with E-state index in [0.717, 1.165) is 36.9 Å².